The number of benzene rings is 3. The van der Waals surface area contributed by atoms with Crippen molar-refractivity contribution < 1.29 is 9.59 Å². The Morgan fingerprint density at radius 2 is 1.69 bits per heavy atom. The minimum Gasteiger partial charge on any atom is -0.322 e. The number of anilines is 2. The summed E-state index contributed by atoms with van der Waals surface area (Å²) in [6.07, 6.45) is 0. The highest BCUT2D eigenvalue weighted by atomic mass is 32.2. The largest absolute Gasteiger partial charge is 0.322 e. The number of amides is 2. The van der Waals surface area contributed by atoms with Crippen LogP contribution in [0.15, 0.2) is 72.8 Å². The molecular weight excluding hydrogens is 380 g/mol. The minimum atomic E-state index is -0.135. The molecule has 29 heavy (non-hydrogen) atoms. The van der Waals surface area contributed by atoms with E-state index in [2.05, 4.69) is 5.32 Å². The van der Waals surface area contributed by atoms with Gasteiger partial charge in [-0.25, -0.2) is 0 Å². The quantitative estimate of drug-likeness (QED) is 0.641. The highest BCUT2D eigenvalue weighted by Crippen LogP contribution is 2.42. The lowest BCUT2D eigenvalue weighted by Gasteiger charge is -2.25. The zero-order valence-electron chi connectivity index (χ0n) is 16.4. The lowest BCUT2D eigenvalue weighted by molar-refractivity contribution is -0.115. The molecular formula is C24H22N2O2S. The second-order valence-corrected chi connectivity index (χ2v) is 8.28. The Bertz CT molecular complexity index is 1050. The Balaban J connectivity index is 1.51. The number of nitrogens with zero attached hydrogens (tertiary/aromatic N) is 1. The Morgan fingerprint density at radius 3 is 2.38 bits per heavy atom. The molecule has 1 heterocycles. The summed E-state index contributed by atoms with van der Waals surface area (Å²) in [5.74, 6) is 0.441. The summed E-state index contributed by atoms with van der Waals surface area (Å²) in [7, 11) is 0. The van der Waals surface area contributed by atoms with E-state index in [-0.39, 0.29) is 17.2 Å². The summed E-state index contributed by atoms with van der Waals surface area (Å²) < 4.78 is 0. The van der Waals surface area contributed by atoms with E-state index in [1.807, 2.05) is 91.5 Å². The first-order valence-corrected chi connectivity index (χ1v) is 10.5. The summed E-state index contributed by atoms with van der Waals surface area (Å²) in [4.78, 5) is 26.8. The maximum atomic E-state index is 12.5. The summed E-state index contributed by atoms with van der Waals surface area (Å²) in [5, 5.41) is 2.86. The van der Waals surface area contributed by atoms with Crippen LogP contribution in [0.1, 0.15) is 32.4 Å². The average molecular weight is 403 g/mol. The van der Waals surface area contributed by atoms with Crippen LogP contribution in [-0.4, -0.2) is 17.6 Å². The number of hydrogen-bond donors (Lipinski definition) is 1. The van der Waals surface area contributed by atoms with E-state index in [4.69, 9.17) is 0 Å². The average Bonchev–Trinajstić information content (AvgIpc) is 3.10. The van der Waals surface area contributed by atoms with Crippen LogP contribution in [0.25, 0.3) is 0 Å². The zero-order valence-corrected chi connectivity index (χ0v) is 17.2. The van der Waals surface area contributed by atoms with Gasteiger partial charge in [-0.1, -0.05) is 42.0 Å². The molecule has 1 aliphatic rings. The molecule has 0 saturated carbocycles. The van der Waals surface area contributed by atoms with Crippen molar-refractivity contribution in [1.29, 1.82) is 0 Å². The van der Waals surface area contributed by atoms with Crippen molar-refractivity contribution in [3.63, 3.8) is 0 Å². The first kappa shape index (κ1) is 19.3. The van der Waals surface area contributed by atoms with Crippen LogP contribution in [0.2, 0.25) is 0 Å². The number of carbonyl (C=O) groups excluding carboxylic acids is 2. The van der Waals surface area contributed by atoms with Crippen molar-refractivity contribution in [1.82, 2.24) is 0 Å². The molecule has 3 aromatic carbocycles. The lowest BCUT2D eigenvalue weighted by Crippen LogP contribution is -2.27. The molecule has 1 aliphatic heterocycles. The van der Waals surface area contributed by atoms with E-state index in [1.54, 1.807) is 11.8 Å². The number of nitrogens with one attached hydrogen (secondary N) is 1. The summed E-state index contributed by atoms with van der Waals surface area (Å²) >= 11 is 1.62. The van der Waals surface area contributed by atoms with Crippen LogP contribution in [-0.2, 0) is 4.79 Å². The Kier molecular flexibility index (Phi) is 5.41. The van der Waals surface area contributed by atoms with Gasteiger partial charge < -0.3 is 5.32 Å². The molecule has 1 saturated heterocycles. The van der Waals surface area contributed by atoms with Gasteiger partial charge in [0.15, 0.2) is 0 Å². The van der Waals surface area contributed by atoms with Crippen LogP contribution >= 0.6 is 11.8 Å². The predicted molar refractivity (Wildman–Crippen MR) is 119 cm³/mol. The second kappa shape index (κ2) is 8.13. The molecule has 0 spiro atoms. The Morgan fingerprint density at radius 1 is 0.966 bits per heavy atom. The zero-order chi connectivity index (χ0) is 20.4. The smallest absolute Gasteiger partial charge is 0.255 e. The summed E-state index contributed by atoms with van der Waals surface area (Å²) in [5.41, 5.74) is 5.56. The van der Waals surface area contributed by atoms with Crippen molar-refractivity contribution in [2.24, 2.45) is 0 Å². The molecule has 4 nitrogen and oxygen atoms in total. The number of rotatable bonds is 4. The monoisotopic (exact) mass is 402 g/mol. The Hall–Kier alpha value is -3.05. The first-order valence-electron chi connectivity index (χ1n) is 9.49. The van der Waals surface area contributed by atoms with Crippen LogP contribution in [0.3, 0.4) is 0 Å². The SMILES string of the molecule is Cc1ccc(C(=O)Nc2ccc(C3SCC(=O)N3c3cccc(C)c3)cc2)cc1. The number of thioether (sulfide) groups is 1. The van der Waals surface area contributed by atoms with E-state index in [9.17, 15) is 9.59 Å². The molecule has 1 atom stereocenters. The fourth-order valence-electron chi connectivity index (χ4n) is 3.37. The van der Waals surface area contributed by atoms with E-state index in [1.165, 1.54) is 0 Å². The fraction of sp³-hybridized carbons (Fsp3) is 0.167. The number of carbonyl (C=O) groups is 2. The van der Waals surface area contributed by atoms with Gasteiger partial charge in [0.25, 0.3) is 5.91 Å². The van der Waals surface area contributed by atoms with Crippen molar-refractivity contribution in [2.75, 3.05) is 16.0 Å². The minimum absolute atomic E-state index is 0.0637. The highest BCUT2D eigenvalue weighted by molar-refractivity contribution is 8.00. The van der Waals surface area contributed by atoms with Crippen LogP contribution in [0.4, 0.5) is 11.4 Å². The standard InChI is InChI=1S/C24H22N2O2S/c1-16-6-8-18(9-7-16)23(28)25-20-12-10-19(11-13-20)24-26(22(27)15-29-24)21-5-3-4-17(2)14-21/h3-14,24H,15H2,1-2H3,(H,25,28). The molecule has 1 N–H and O–H groups in total. The van der Waals surface area contributed by atoms with Crippen LogP contribution in [0.5, 0.6) is 0 Å². The second-order valence-electron chi connectivity index (χ2n) is 7.21. The molecule has 2 amide bonds. The van der Waals surface area contributed by atoms with Crippen LogP contribution < -0.4 is 10.2 Å². The van der Waals surface area contributed by atoms with E-state index in [0.29, 0.717) is 11.3 Å². The van der Waals surface area contributed by atoms with Gasteiger partial charge in [-0.2, -0.15) is 0 Å². The first-order chi connectivity index (χ1) is 14.0. The Labute approximate surface area is 174 Å². The molecule has 0 radical (unpaired) electrons. The fourth-order valence-corrected chi connectivity index (χ4v) is 4.54. The van der Waals surface area contributed by atoms with Gasteiger partial charge >= 0.3 is 0 Å². The van der Waals surface area contributed by atoms with Crippen molar-refractivity contribution in [3.05, 3.63) is 95.1 Å². The summed E-state index contributed by atoms with van der Waals surface area (Å²) in [6.45, 7) is 4.02. The van der Waals surface area contributed by atoms with Gasteiger partial charge in [0.05, 0.1) is 5.75 Å². The van der Waals surface area contributed by atoms with Gasteiger partial charge in [0.1, 0.15) is 5.37 Å². The highest BCUT2D eigenvalue weighted by Gasteiger charge is 2.34. The molecule has 5 heteroatoms. The van der Waals surface area contributed by atoms with E-state index in [0.717, 1.165) is 28.1 Å². The third kappa shape index (κ3) is 4.20. The molecule has 1 fully saturated rings. The maximum absolute atomic E-state index is 12.5. The van der Waals surface area contributed by atoms with E-state index < -0.39 is 0 Å². The number of aryl methyl sites for hydroxylation is 2. The lowest BCUT2D eigenvalue weighted by atomic mass is 10.1. The summed E-state index contributed by atoms with van der Waals surface area (Å²) in [6, 6.07) is 23.2. The molecule has 3 aromatic rings. The van der Waals surface area contributed by atoms with E-state index >= 15 is 0 Å². The molecule has 1 unspecified atom stereocenters. The van der Waals surface area contributed by atoms with Gasteiger partial charge in [0, 0.05) is 16.9 Å². The molecule has 0 aromatic heterocycles. The van der Waals surface area contributed by atoms with Crippen LogP contribution in [0, 0.1) is 13.8 Å². The van der Waals surface area contributed by atoms with Gasteiger partial charge in [-0.3, -0.25) is 14.5 Å². The number of hydrogen-bond acceptors (Lipinski definition) is 3. The van der Waals surface area contributed by atoms with Crippen molar-refractivity contribution in [2.45, 2.75) is 19.2 Å². The van der Waals surface area contributed by atoms with Gasteiger partial charge in [-0.15, -0.1) is 11.8 Å². The van der Waals surface area contributed by atoms with Crippen molar-refractivity contribution >= 4 is 35.0 Å². The molecule has 0 aliphatic carbocycles. The van der Waals surface area contributed by atoms with Gasteiger partial charge in [-0.05, 0) is 61.4 Å². The molecule has 4 rings (SSSR count). The normalized spacial score (nSPS) is 16.1. The maximum Gasteiger partial charge on any atom is 0.255 e. The topological polar surface area (TPSA) is 49.4 Å². The molecule has 0 bridgehead atoms. The molecule has 146 valence electrons. The third-order valence-corrected chi connectivity index (χ3v) is 6.13. The third-order valence-electron chi connectivity index (χ3n) is 4.92. The van der Waals surface area contributed by atoms with Crippen molar-refractivity contribution in [3.8, 4) is 0 Å². The predicted octanol–water partition coefficient (Wildman–Crippen LogP) is 5.33. The van der Waals surface area contributed by atoms with Gasteiger partial charge in [0.2, 0.25) is 5.91 Å².